The van der Waals surface area contributed by atoms with Crippen LogP contribution in [-0.2, 0) is 4.74 Å². The molecule has 3 heteroatoms. The largest absolute Gasteiger partial charge is 0.377 e. The van der Waals surface area contributed by atoms with Crippen molar-refractivity contribution in [1.82, 2.24) is 4.90 Å². The Morgan fingerprint density at radius 2 is 2.17 bits per heavy atom. The molecule has 3 atom stereocenters. The van der Waals surface area contributed by atoms with E-state index in [1.165, 1.54) is 5.57 Å². The quantitative estimate of drug-likeness (QED) is 0.761. The summed E-state index contributed by atoms with van der Waals surface area (Å²) in [6.07, 6.45) is 1.49. The molecule has 1 saturated heterocycles. The maximum Gasteiger partial charge on any atom is 0.0691 e. The van der Waals surface area contributed by atoms with Crippen LogP contribution in [0, 0.1) is 11.3 Å². The molecule has 3 nitrogen and oxygen atoms in total. The molecular weight excluding hydrogens is 224 g/mol. The van der Waals surface area contributed by atoms with Crippen molar-refractivity contribution in [2.24, 2.45) is 17.1 Å². The van der Waals surface area contributed by atoms with Crippen LogP contribution in [-0.4, -0.2) is 42.8 Å². The Kier molecular flexibility index (Phi) is 3.60. The van der Waals surface area contributed by atoms with E-state index >= 15 is 0 Å². The van der Waals surface area contributed by atoms with Gasteiger partial charge in [-0.25, -0.2) is 0 Å². The first-order valence-electron chi connectivity index (χ1n) is 7.10. The monoisotopic (exact) mass is 252 g/mol. The van der Waals surface area contributed by atoms with Crippen LogP contribution in [0.5, 0.6) is 0 Å². The van der Waals surface area contributed by atoms with Crippen LogP contribution < -0.4 is 5.73 Å². The molecule has 2 aliphatic rings. The van der Waals surface area contributed by atoms with Crippen LogP contribution in [0.2, 0.25) is 0 Å². The minimum atomic E-state index is -0.111. The van der Waals surface area contributed by atoms with Gasteiger partial charge < -0.3 is 10.5 Å². The molecule has 0 amide bonds. The average molecular weight is 252 g/mol. The second-order valence-electron chi connectivity index (χ2n) is 6.71. The number of hydrogen-bond acceptors (Lipinski definition) is 3. The zero-order chi connectivity index (χ0) is 13.6. The number of ether oxygens (including phenoxy) is 1. The Labute approximate surface area is 111 Å². The molecule has 2 fully saturated rings. The van der Waals surface area contributed by atoms with Crippen LogP contribution >= 0.6 is 0 Å². The number of hydrogen-bond donors (Lipinski definition) is 1. The van der Waals surface area contributed by atoms with Gasteiger partial charge in [-0.1, -0.05) is 32.9 Å². The molecule has 1 heterocycles. The lowest BCUT2D eigenvalue weighted by molar-refractivity contribution is -0.162. The van der Waals surface area contributed by atoms with Crippen molar-refractivity contribution in [3.05, 3.63) is 12.2 Å². The van der Waals surface area contributed by atoms with E-state index in [1.54, 1.807) is 0 Å². The Bertz CT molecular complexity index is 339. The predicted molar refractivity (Wildman–Crippen MR) is 75.5 cm³/mol. The highest BCUT2D eigenvalue weighted by Gasteiger charge is 2.67. The number of rotatable bonds is 5. The van der Waals surface area contributed by atoms with E-state index in [9.17, 15) is 0 Å². The van der Waals surface area contributed by atoms with Gasteiger partial charge in [0.1, 0.15) is 0 Å². The van der Waals surface area contributed by atoms with Crippen LogP contribution in [0.4, 0.5) is 0 Å². The van der Waals surface area contributed by atoms with E-state index in [4.69, 9.17) is 10.5 Å². The van der Waals surface area contributed by atoms with Crippen LogP contribution in [0.3, 0.4) is 0 Å². The van der Waals surface area contributed by atoms with Gasteiger partial charge in [0.15, 0.2) is 0 Å². The van der Waals surface area contributed by atoms with E-state index in [1.807, 2.05) is 0 Å². The van der Waals surface area contributed by atoms with Crippen molar-refractivity contribution in [1.29, 1.82) is 0 Å². The minimum absolute atomic E-state index is 0.0800. The van der Waals surface area contributed by atoms with Gasteiger partial charge in [0.25, 0.3) is 0 Å². The first-order chi connectivity index (χ1) is 8.33. The lowest BCUT2D eigenvalue weighted by Gasteiger charge is -2.63. The summed E-state index contributed by atoms with van der Waals surface area (Å²) in [5.41, 5.74) is 7.94. The Hall–Kier alpha value is -0.380. The summed E-state index contributed by atoms with van der Waals surface area (Å²) in [5.74, 6) is 0.534. The van der Waals surface area contributed by atoms with Crippen LogP contribution in [0.25, 0.3) is 0 Å². The summed E-state index contributed by atoms with van der Waals surface area (Å²) in [7, 11) is 0. The smallest absolute Gasteiger partial charge is 0.0691 e. The summed E-state index contributed by atoms with van der Waals surface area (Å²) >= 11 is 0. The highest BCUT2D eigenvalue weighted by molar-refractivity contribution is 5.21. The molecule has 104 valence electrons. The third-order valence-electron chi connectivity index (χ3n) is 5.09. The highest BCUT2D eigenvalue weighted by atomic mass is 16.5. The molecule has 3 unspecified atom stereocenters. The second-order valence-corrected chi connectivity index (χ2v) is 6.71. The van der Waals surface area contributed by atoms with E-state index in [0.717, 1.165) is 32.7 Å². The van der Waals surface area contributed by atoms with E-state index in [0.29, 0.717) is 12.0 Å². The molecule has 1 aliphatic heterocycles. The molecular formula is C15H28N2O. The molecule has 0 spiro atoms. The van der Waals surface area contributed by atoms with Crippen molar-refractivity contribution < 1.29 is 4.74 Å². The van der Waals surface area contributed by atoms with Crippen LogP contribution in [0.15, 0.2) is 12.2 Å². The molecule has 1 aliphatic carbocycles. The first kappa shape index (κ1) is 14.0. The van der Waals surface area contributed by atoms with Crippen LogP contribution in [0.1, 0.15) is 34.1 Å². The van der Waals surface area contributed by atoms with Gasteiger partial charge in [-0.15, -0.1) is 0 Å². The van der Waals surface area contributed by atoms with E-state index in [-0.39, 0.29) is 11.0 Å². The van der Waals surface area contributed by atoms with Gasteiger partial charge >= 0.3 is 0 Å². The number of nitrogens with two attached hydrogens (primary N) is 1. The fourth-order valence-electron chi connectivity index (χ4n) is 3.83. The lowest BCUT2D eigenvalue weighted by atomic mass is 9.48. The number of fused-ring (bicyclic) bond motifs is 1. The Morgan fingerprint density at radius 1 is 1.50 bits per heavy atom. The molecule has 0 aromatic heterocycles. The predicted octanol–water partition coefficient (Wildman–Crippen LogP) is 2.03. The van der Waals surface area contributed by atoms with Crippen molar-refractivity contribution in [3.63, 3.8) is 0 Å². The van der Waals surface area contributed by atoms with E-state index in [2.05, 4.69) is 39.2 Å². The summed E-state index contributed by atoms with van der Waals surface area (Å²) in [6, 6.07) is 0. The first-order valence-corrected chi connectivity index (χ1v) is 7.10. The molecule has 2 rings (SSSR count). The fourth-order valence-corrected chi connectivity index (χ4v) is 3.83. The zero-order valence-corrected chi connectivity index (χ0v) is 12.3. The maximum absolute atomic E-state index is 6.77. The van der Waals surface area contributed by atoms with Crippen molar-refractivity contribution in [2.75, 3.05) is 26.2 Å². The molecule has 2 N–H and O–H groups in total. The standard InChI is InChI=1S/C15H28N2O/c1-6-17(9-11(2)3)10-15(16)12-7-8-18-13(12)14(15,4)5/h12-13H,2,6-10,16H2,1,3-5H3. The summed E-state index contributed by atoms with van der Waals surface area (Å²) in [4.78, 5) is 2.42. The molecule has 18 heavy (non-hydrogen) atoms. The average Bonchev–Trinajstić information content (AvgIpc) is 2.75. The third kappa shape index (κ3) is 1.93. The summed E-state index contributed by atoms with van der Waals surface area (Å²) in [5, 5.41) is 0. The molecule has 0 aromatic carbocycles. The van der Waals surface area contributed by atoms with Gasteiger partial charge in [0.2, 0.25) is 0 Å². The Balaban J connectivity index is 2.09. The zero-order valence-electron chi connectivity index (χ0n) is 12.3. The minimum Gasteiger partial charge on any atom is -0.377 e. The topological polar surface area (TPSA) is 38.5 Å². The normalized spacial score (nSPS) is 37.4. The van der Waals surface area contributed by atoms with Gasteiger partial charge in [0.05, 0.1) is 6.10 Å². The maximum atomic E-state index is 6.77. The lowest BCUT2D eigenvalue weighted by Crippen LogP contribution is -2.78. The number of likely N-dealkylation sites (N-methyl/N-ethyl adjacent to an activating group) is 1. The molecule has 0 radical (unpaired) electrons. The second kappa shape index (κ2) is 4.62. The van der Waals surface area contributed by atoms with Gasteiger partial charge in [-0.3, -0.25) is 4.90 Å². The summed E-state index contributed by atoms with van der Waals surface area (Å²) < 4.78 is 5.84. The van der Waals surface area contributed by atoms with Crippen molar-refractivity contribution >= 4 is 0 Å². The third-order valence-corrected chi connectivity index (χ3v) is 5.09. The Morgan fingerprint density at radius 3 is 2.72 bits per heavy atom. The molecule has 0 aromatic rings. The van der Waals surface area contributed by atoms with Gasteiger partial charge in [-0.2, -0.15) is 0 Å². The van der Waals surface area contributed by atoms with Crippen molar-refractivity contribution in [3.8, 4) is 0 Å². The fraction of sp³-hybridized carbons (Fsp3) is 0.867. The van der Waals surface area contributed by atoms with Gasteiger partial charge in [-0.05, 0) is 19.9 Å². The molecule has 0 bridgehead atoms. The van der Waals surface area contributed by atoms with E-state index < -0.39 is 0 Å². The van der Waals surface area contributed by atoms with Crippen molar-refractivity contribution in [2.45, 2.75) is 45.8 Å². The number of nitrogens with zero attached hydrogens (tertiary/aromatic N) is 1. The van der Waals surface area contributed by atoms with Gasteiger partial charge in [0, 0.05) is 36.6 Å². The highest BCUT2D eigenvalue weighted by Crippen LogP contribution is 2.58. The summed E-state index contributed by atoms with van der Waals surface area (Å²) in [6.45, 7) is 16.6. The SMILES string of the molecule is C=C(C)CN(CC)CC1(N)C2CCOC2C1(C)C. The molecule has 1 saturated carbocycles.